The summed E-state index contributed by atoms with van der Waals surface area (Å²) in [5.41, 5.74) is 0.728. The second kappa shape index (κ2) is 8.61. The first kappa shape index (κ1) is 20.3. The second-order valence-electron chi connectivity index (χ2n) is 5.66. The summed E-state index contributed by atoms with van der Waals surface area (Å²) in [5.74, 6) is -2.94. The maximum Gasteiger partial charge on any atom is 0.288 e. The Morgan fingerprint density at radius 1 is 1.00 bits per heavy atom. The number of sulfonamides is 1. The van der Waals surface area contributed by atoms with Crippen molar-refractivity contribution in [1.82, 2.24) is 4.72 Å². The highest BCUT2D eigenvalue weighted by atomic mass is 32.2. The van der Waals surface area contributed by atoms with Gasteiger partial charge in [0.05, 0.1) is 4.90 Å². The monoisotopic (exact) mass is 400 g/mol. The number of benzene rings is 2. The van der Waals surface area contributed by atoms with E-state index < -0.39 is 21.7 Å². The third-order valence-corrected chi connectivity index (χ3v) is 5.55. The van der Waals surface area contributed by atoms with Gasteiger partial charge in [-0.3, -0.25) is 4.79 Å². The van der Waals surface area contributed by atoms with E-state index in [9.17, 15) is 22.0 Å². The summed E-state index contributed by atoms with van der Waals surface area (Å²) in [6, 6.07) is 11.3. The van der Waals surface area contributed by atoms with E-state index in [4.69, 9.17) is 0 Å². The predicted molar refractivity (Wildman–Crippen MR) is 98.2 cm³/mol. The summed E-state index contributed by atoms with van der Waals surface area (Å²) in [7, 11) is -3.60. The van der Waals surface area contributed by atoms with Crippen molar-refractivity contribution < 1.29 is 22.0 Å². The molecule has 0 bridgehead atoms. The Bertz CT molecular complexity index is 853. The van der Waals surface area contributed by atoms with Crippen LogP contribution in [0.25, 0.3) is 0 Å². The number of carbonyl (C=O) groups is 1. The second-order valence-corrected chi connectivity index (χ2v) is 8.43. The fraction of sp³-hybridized carbons (Fsp3) is 0.235. The molecule has 0 fully saturated rings. The van der Waals surface area contributed by atoms with Gasteiger partial charge in [0.15, 0.2) is 0 Å². The van der Waals surface area contributed by atoms with Crippen molar-refractivity contribution >= 4 is 33.4 Å². The van der Waals surface area contributed by atoms with E-state index >= 15 is 0 Å². The van der Waals surface area contributed by atoms with Crippen molar-refractivity contribution in [2.45, 2.75) is 35.4 Å². The number of hydrogen-bond donors (Lipinski definition) is 2. The minimum absolute atomic E-state index is 0.0950. The summed E-state index contributed by atoms with van der Waals surface area (Å²) in [6.45, 7) is 3.44. The van der Waals surface area contributed by atoms with Crippen LogP contribution in [0.15, 0.2) is 58.3 Å². The zero-order valence-electron chi connectivity index (χ0n) is 14.1. The number of hydrogen-bond acceptors (Lipinski definition) is 4. The van der Waals surface area contributed by atoms with E-state index in [0.717, 1.165) is 0 Å². The Morgan fingerprint density at radius 3 is 2.08 bits per heavy atom. The number of halogens is 2. The first-order chi connectivity index (χ1) is 12.2. The van der Waals surface area contributed by atoms with Gasteiger partial charge in [0.25, 0.3) is 11.7 Å². The highest BCUT2D eigenvalue weighted by Crippen LogP contribution is 2.25. The van der Waals surface area contributed by atoms with Crippen molar-refractivity contribution in [1.29, 1.82) is 0 Å². The number of anilines is 1. The Hall–Kier alpha value is -1.97. The highest BCUT2D eigenvalue weighted by Gasteiger charge is 2.15. The maximum absolute atomic E-state index is 12.3. The summed E-state index contributed by atoms with van der Waals surface area (Å²) < 4.78 is 51.2. The summed E-state index contributed by atoms with van der Waals surface area (Å²) in [4.78, 5) is 12.6. The molecule has 2 aromatic carbocycles. The Kier molecular flexibility index (Phi) is 6.74. The molecule has 0 spiro atoms. The molecule has 0 aliphatic rings. The van der Waals surface area contributed by atoms with Gasteiger partial charge in [-0.15, -0.1) is 0 Å². The third kappa shape index (κ3) is 5.79. The number of thioether (sulfide) groups is 1. The Labute approximate surface area is 155 Å². The molecule has 0 aliphatic carbocycles. The fourth-order valence-electron chi connectivity index (χ4n) is 2.09. The summed E-state index contributed by atoms with van der Waals surface area (Å²) >= 11 is 0.403. The molecule has 0 saturated heterocycles. The van der Waals surface area contributed by atoms with E-state index in [1.165, 1.54) is 48.5 Å². The fourth-order valence-corrected chi connectivity index (χ4v) is 3.84. The van der Waals surface area contributed by atoms with Crippen molar-refractivity contribution in [2.75, 3.05) is 5.32 Å². The van der Waals surface area contributed by atoms with Crippen LogP contribution in [-0.4, -0.2) is 26.1 Å². The molecule has 26 heavy (non-hydrogen) atoms. The lowest BCUT2D eigenvalue weighted by Crippen LogP contribution is -2.30. The van der Waals surface area contributed by atoms with Crippen LogP contribution >= 0.6 is 11.8 Å². The zero-order valence-corrected chi connectivity index (χ0v) is 15.7. The van der Waals surface area contributed by atoms with E-state index in [-0.39, 0.29) is 10.9 Å². The quantitative estimate of drug-likeness (QED) is 0.691. The minimum Gasteiger partial charge on any atom is -0.322 e. The van der Waals surface area contributed by atoms with Gasteiger partial charge in [-0.1, -0.05) is 11.8 Å². The number of amides is 1. The van der Waals surface area contributed by atoms with Crippen molar-refractivity contribution in [2.24, 2.45) is 0 Å². The molecule has 0 atom stereocenters. The number of rotatable bonds is 7. The molecule has 2 rings (SSSR count). The molecule has 9 heteroatoms. The molecule has 1 amide bonds. The molecule has 0 aromatic heterocycles. The van der Waals surface area contributed by atoms with Crippen molar-refractivity contribution in [3.8, 4) is 0 Å². The van der Waals surface area contributed by atoms with Gasteiger partial charge in [-0.25, -0.2) is 13.1 Å². The number of alkyl halides is 2. The van der Waals surface area contributed by atoms with Crippen LogP contribution in [0.5, 0.6) is 0 Å². The van der Waals surface area contributed by atoms with Gasteiger partial charge < -0.3 is 5.32 Å². The lowest BCUT2D eigenvalue weighted by atomic mass is 10.2. The average molecular weight is 400 g/mol. The lowest BCUT2D eigenvalue weighted by Gasteiger charge is -2.10. The molecular weight excluding hydrogens is 382 g/mol. The SMILES string of the molecule is CC(C)NS(=O)(=O)c1ccc(NC(=O)c2ccc(SC(F)F)cc2)cc1. The van der Waals surface area contributed by atoms with Crippen LogP contribution in [0.2, 0.25) is 0 Å². The van der Waals surface area contributed by atoms with Crippen LogP contribution in [-0.2, 0) is 10.0 Å². The van der Waals surface area contributed by atoms with Crippen LogP contribution in [0.4, 0.5) is 14.5 Å². The van der Waals surface area contributed by atoms with E-state index in [0.29, 0.717) is 27.9 Å². The first-order valence-electron chi connectivity index (χ1n) is 7.66. The van der Waals surface area contributed by atoms with Crippen molar-refractivity contribution in [3.05, 3.63) is 54.1 Å². The molecule has 5 nitrogen and oxygen atoms in total. The normalized spacial score (nSPS) is 11.8. The van der Waals surface area contributed by atoms with Crippen molar-refractivity contribution in [3.63, 3.8) is 0 Å². The third-order valence-electron chi connectivity index (χ3n) is 3.16. The largest absolute Gasteiger partial charge is 0.322 e. The lowest BCUT2D eigenvalue weighted by molar-refractivity contribution is 0.102. The first-order valence-corrected chi connectivity index (χ1v) is 10.0. The summed E-state index contributed by atoms with van der Waals surface area (Å²) in [5, 5.41) is 2.63. The van der Waals surface area contributed by atoms with Gasteiger partial charge in [0.2, 0.25) is 10.0 Å². The number of carbonyl (C=O) groups excluding carboxylic acids is 1. The van der Waals surface area contributed by atoms with Crippen LogP contribution < -0.4 is 10.0 Å². The molecule has 0 radical (unpaired) electrons. The summed E-state index contributed by atoms with van der Waals surface area (Å²) in [6.07, 6.45) is 0. The molecule has 2 aromatic rings. The maximum atomic E-state index is 12.3. The van der Waals surface area contributed by atoms with E-state index in [1.807, 2.05) is 0 Å². The molecule has 2 N–H and O–H groups in total. The molecule has 0 aliphatic heterocycles. The van der Waals surface area contributed by atoms with Crippen LogP contribution in [0.1, 0.15) is 24.2 Å². The smallest absolute Gasteiger partial charge is 0.288 e. The molecular formula is C17H18F2N2O3S2. The number of nitrogens with one attached hydrogen (secondary N) is 2. The average Bonchev–Trinajstić information content (AvgIpc) is 2.54. The molecule has 140 valence electrons. The van der Waals surface area contributed by atoms with Crippen LogP contribution in [0.3, 0.4) is 0 Å². The van der Waals surface area contributed by atoms with Gasteiger partial charge in [-0.2, -0.15) is 8.78 Å². The minimum atomic E-state index is -3.60. The zero-order chi connectivity index (χ0) is 19.3. The Morgan fingerprint density at radius 2 is 1.58 bits per heavy atom. The van der Waals surface area contributed by atoms with E-state index in [2.05, 4.69) is 10.0 Å². The molecule has 0 heterocycles. The van der Waals surface area contributed by atoms with Gasteiger partial charge in [0, 0.05) is 22.2 Å². The topological polar surface area (TPSA) is 75.3 Å². The van der Waals surface area contributed by atoms with E-state index in [1.54, 1.807) is 13.8 Å². The molecule has 0 saturated carbocycles. The predicted octanol–water partition coefficient (Wildman–Crippen LogP) is 3.94. The van der Waals surface area contributed by atoms with Crippen LogP contribution in [0, 0.1) is 0 Å². The molecule has 0 unspecified atom stereocenters. The standard InChI is InChI=1S/C17H18F2N2O3S2/c1-11(2)21-26(23,24)15-9-5-13(6-10-15)20-16(22)12-3-7-14(8-4-12)25-17(18)19/h3-11,17,21H,1-2H3,(H,20,22). The van der Waals surface area contributed by atoms with Gasteiger partial charge >= 0.3 is 0 Å². The highest BCUT2D eigenvalue weighted by molar-refractivity contribution is 7.99. The van der Waals surface area contributed by atoms with Gasteiger partial charge in [0.1, 0.15) is 0 Å². The van der Waals surface area contributed by atoms with Gasteiger partial charge in [-0.05, 0) is 62.4 Å². The Balaban J connectivity index is 2.05.